The van der Waals surface area contributed by atoms with Crippen molar-refractivity contribution in [2.75, 3.05) is 41.5 Å². The number of hydrogen-bond acceptors (Lipinski definition) is 7. The third-order valence-corrected chi connectivity index (χ3v) is 7.16. The summed E-state index contributed by atoms with van der Waals surface area (Å²) >= 11 is 12.8. The molecule has 3 aromatic carbocycles. The summed E-state index contributed by atoms with van der Waals surface area (Å²) in [5.74, 6) is 2.95. The Kier molecular flexibility index (Phi) is 8.92. The fraction of sp³-hybridized carbons (Fsp3) is 0.357. The molecule has 0 amide bonds. The van der Waals surface area contributed by atoms with Gasteiger partial charge in [-0.05, 0) is 30.7 Å². The maximum atomic E-state index is 11.1. The number of nitrogens with zero attached hydrogens (tertiary/aromatic N) is 2. The average Bonchev–Trinajstić information content (AvgIpc) is 2.91. The SMILES string of the molecule is COc1ccc(CN2CCCN(Cc3ccc(OC)cc3OC)C2c2cc(Cl)cc(Cl)c2O)c(OC)c1. The molecule has 0 atom stereocenters. The molecule has 37 heavy (non-hydrogen) atoms. The van der Waals surface area contributed by atoms with E-state index in [9.17, 15) is 5.11 Å². The van der Waals surface area contributed by atoms with Crippen LogP contribution in [0.3, 0.4) is 0 Å². The predicted molar refractivity (Wildman–Crippen MR) is 145 cm³/mol. The van der Waals surface area contributed by atoms with Crippen molar-refractivity contribution in [1.82, 2.24) is 9.80 Å². The summed E-state index contributed by atoms with van der Waals surface area (Å²) in [6.07, 6.45) is 0.631. The molecule has 0 spiro atoms. The maximum Gasteiger partial charge on any atom is 0.140 e. The van der Waals surface area contributed by atoms with Crippen LogP contribution in [0, 0.1) is 0 Å². The molecule has 1 aliphatic heterocycles. The number of methoxy groups -OCH3 is 4. The lowest BCUT2D eigenvalue weighted by Gasteiger charge is -2.44. The van der Waals surface area contributed by atoms with Crippen LogP contribution in [-0.2, 0) is 13.1 Å². The number of phenolic OH excluding ortho intramolecular Hbond substituents is 1. The average molecular weight is 547 g/mol. The number of aromatic hydroxyl groups is 1. The number of benzene rings is 3. The second kappa shape index (κ2) is 12.1. The molecular weight excluding hydrogens is 515 g/mol. The number of halogens is 2. The van der Waals surface area contributed by atoms with Gasteiger partial charge in [-0.1, -0.05) is 35.3 Å². The molecule has 1 aliphatic rings. The van der Waals surface area contributed by atoms with E-state index in [-0.39, 0.29) is 16.9 Å². The molecule has 0 radical (unpaired) electrons. The lowest BCUT2D eigenvalue weighted by atomic mass is 10.0. The molecule has 1 N–H and O–H groups in total. The van der Waals surface area contributed by atoms with Crippen molar-refractivity contribution in [1.29, 1.82) is 0 Å². The Labute approximate surface area is 228 Å². The van der Waals surface area contributed by atoms with Gasteiger partial charge in [0.1, 0.15) is 28.7 Å². The van der Waals surface area contributed by atoms with Gasteiger partial charge >= 0.3 is 0 Å². The zero-order valence-electron chi connectivity index (χ0n) is 21.5. The molecule has 0 bridgehead atoms. The normalized spacial score (nSPS) is 15.0. The molecule has 1 heterocycles. The van der Waals surface area contributed by atoms with E-state index in [1.165, 1.54) is 0 Å². The highest BCUT2D eigenvalue weighted by molar-refractivity contribution is 6.35. The predicted octanol–water partition coefficient (Wildman–Crippen LogP) is 6.14. The monoisotopic (exact) mass is 546 g/mol. The van der Waals surface area contributed by atoms with Crippen LogP contribution in [0.5, 0.6) is 28.7 Å². The van der Waals surface area contributed by atoms with E-state index in [0.717, 1.165) is 53.6 Å². The molecule has 1 fully saturated rings. The summed E-state index contributed by atoms with van der Waals surface area (Å²) in [5.41, 5.74) is 2.66. The van der Waals surface area contributed by atoms with Crippen LogP contribution in [0.25, 0.3) is 0 Å². The quantitative estimate of drug-likeness (QED) is 0.345. The lowest BCUT2D eigenvalue weighted by Crippen LogP contribution is -2.47. The minimum atomic E-state index is -0.302. The first kappa shape index (κ1) is 27.2. The summed E-state index contributed by atoms with van der Waals surface area (Å²) < 4.78 is 22.1. The largest absolute Gasteiger partial charge is 0.506 e. The van der Waals surface area contributed by atoms with Gasteiger partial charge in [0.15, 0.2) is 0 Å². The van der Waals surface area contributed by atoms with Crippen molar-refractivity contribution >= 4 is 23.2 Å². The second-order valence-electron chi connectivity index (χ2n) is 8.85. The molecule has 9 heteroatoms. The lowest BCUT2D eigenvalue weighted by molar-refractivity contribution is -0.0110. The van der Waals surface area contributed by atoms with E-state index in [2.05, 4.69) is 9.80 Å². The van der Waals surface area contributed by atoms with Gasteiger partial charge in [0, 0.05) is 60.0 Å². The smallest absolute Gasteiger partial charge is 0.140 e. The highest BCUT2D eigenvalue weighted by Crippen LogP contribution is 2.42. The number of hydrogen-bond donors (Lipinski definition) is 1. The molecule has 0 saturated carbocycles. The van der Waals surface area contributed by atoms with E-state index in [1.54, 1.807) is 40.6 Å². The van der Waals surface area contributed by atoms with Crippen molar-refractivity contribution < 1.29 is 24.1 Å². The van der Waals surface area contributed by atoms with Gasteiger partial charge in [-0.2, -0.15) is 0 Å². The van der Waals surface area contributed by atoms with Crippen LogP contribution in [0.15, 0.2) is 48.5 Å². The Morgan fingerprint density at radius 1 is 0.757 bits per heavy atom. The summed E-state index contributed by atoms with van der Waals surface area (Å²) in [6, 6.07) is 14.9. The van der Waals surface area contributed by atoms with Crippen LogP contribution >= 0.6 is 23.2 Å². The van der Waals surface area contributed by atoms with Crippen molar-refractivity contribution in [2.24, 2.45) is 0 Å². The van der Waals surface area contributed by atoms with E-state index < -0.39 is 0 Å². The third kappa shape index (κ3) is 6.02. The summed E-state index contributed by atoms with van der Waals surface area (Å²) in [5, 5.41) is 11.7. The minimum absolute atomic E-state index is 0.0244. The van der Waals surface area contributed by atoms with Crippen molar-refractivity contribution in [3.63, 3.8) is 0 Å². The number of ether oxygens (including phenoxy) is 4. The first-order chi connectivity index (χ1) is 17.9. The standard InChI is InChI=1S/C28H32Cl2N2O5/c1-34-21-8-6-18(25(14-21)36-3)16-31-10-5-11-32(17-19-7-9-22(35-2)15-26(19)37-4)28(31)23-12-20(29)13-24(30)27(23)33/h6-9,12-15,28,33H,5,10-11,16-17H2,1-4H3. The van der Waals surface area contributed by atoms with Crippen molar-refractivity contribution in [3.8, 4) is 28.7 Å². The molecular formula is C28H32Cl2N2O5. The molecule has 3 aromatic rings. The van der Waals surface area contributed by atoms with E-state index in [0.29, 0.717) is 23.7 Å². The molecule has 4 rings (SSSR count). The summed E-state index contributed by atoms with van der Waals surface area (Å²) in [4.78, 5) is 4.59. The van der Waals surface area contributed by atoms with Crippen LogP contribution in [0.4, 0.5) is 0 Å². The van der Waals surface area contributed by atoms with Crippen LogP contribution in [0.2, 0.25) is 10.0 Å². The summed E-state index contributed by atoms with van der Waals surface area (Å²) in [6.45, 7) is 2.77. The van der Waals surface area contributed by atoms with Gasteiger partial charge in [-0.25, -0.2) is 0 Å². The zero-order chi connectivity index (χ0) is 26.5. The van der Waals surface area contributed by atoms with Gasteiger partial charge in [-0.15, -0.1) is 0 Å². The van der Waals surface area contributed by atoms with Gasteiger partial charge in [-0.3, -0.25) is 9.80 Å². The van der Waals surface area contributed by atoms with Crippen LogP contribution < -0.4 is 18.9 Å². The minimum Gasteiger partial charge on any atom is -0.506 e. The molecule has 198 valence electrons. The van der Waals surface area contributed by atoms with Crippen molar-refractivity contribution in [3.05, 3.63) is 75.3 Å². The number of phenols is 1. The molecule has 1 saturated heterocycles. The number of rotatable bonds is 9. The van der Waals surface area contributed by atoms with Gasteiger partial charge in [0.25, 0.3) is 0 Å². The highest BCUT2D eigenvalue weighted by Gasteiger charge is 2.34. The fourth-order valence-corrected chi connectivity index (χ4v) is 5.37. The topological polar surface area (TPSA) is 63.6 Å². The van der Waals surface area contributed by atoms with E-state index in [4.69, 9.17) is 42.1 Å². The van der Waals surface area contributed by atoms with Gasteiger partial charge in [0.05, 0.1) is 39.6 Å². The Morgan fingerprint density at radius 2 is 1.27 bits per heavy atom. The van der Waals surface area contributed by atoms with E-state index >= 15 is 0 Å². The Balaban J connectivity index is 1.75. The Bertz CT molecular complexity index is 1170. The zero-order valence-corrected chi connectivity index (χ0v) is 23.0. The van der Waals surface area contributed by atoms with Crippen LogP contribution in [0.1, 0.15) is 29.3 Å². The van der Waals surface area contributed by atoms with Gasteiger partial charge < -0.3 is 24.1 Å². The molecule has 7 nitrogen and oxygen atoms in total. The van der Waals surface area contributed by atoms with E-state index in [1.807, 2.05) is 36.4 Å². The maximum absolute atomic E-state index is 11.1. The molecule has 0 aromatic heterocycles. The Hall–Kier alpha value is -2.84. The highest BCUT2D eigenvalue weighted by atomic mass is 35.5. The first-order valence-corrected chi connectivity index (χ1v) is 12.7. The first-order valence-electron chi connectivity index (χ1n) is 12.0. The molecule has 0 aliphatic carbocycles. The Morgan fingerprint density at radius 3 is 1.73 bits per heavy atom. The third-order valence-electron chi connectivity index (χ3n) is 6.65. The van der Waals surface area contributed by atoms with Crippen molar-refractivity contribution in [2.45, 2.75) is 25.7 Å². The summed E-state index contributed by atoms with van der Waals surface area (Å²) in [7, 11) is 6.56. The second-order valence-corrected chi connectivity index (χ2v) is 9.69. The van der Waals surface area contributed by atoms with Crippen LogP contribution in [-0.4, -0.2) is 56.4 Å². The molecule has 0 unspecified atom stereocenters. The fourth-order valence-electron chi connectivity index (χ4n) is 4.86. The van der Waals surface area contributed by atoms with Gasteiger partial charge in [0.2, 0.25) is 0 Å².